The Labute approximate surface area is 179 Å². The first-order valence-corrected chi connectivity index (χ1v) is 11.5. The van der Waals surface area contributed by atoms with Crippen LogP contribution in [-0.4, -0.2) is 67.2 Å². The number of β-amino-alcohol motifs (C(OH)–C–C–N with tert-alkyl or cyclic N) is 1. The Bertz CT molecular complexity index is 788. The molecular weight excluding hydrogens is 378 g/mol. The number of likely N-dealkylation sites (tertiary alicyclic amines) is 1. The Morgan fingerprint density at radius 2 is 1.70 bits per heavy atom. The molecule has 30 heavy (non-hydrogen) atoms. The molecule has 1 saturated carbocycles. The topological polar surface area (TPSA) is 66.5 Å². The van der Waals surface area contributed by atoms with Crippen molar-refractivity contribution in [3.63, 3.8) is 0 Å². The predicted octanol–water partition coefficient (Wildman–Crippen LogP) is -0.858. The number of benzene rings is 1. The number of nitrogens with one attached hydrogen (secondary N) is 2. The van der Waals surface area contributed by atoms with Crippen molar-refractivity contribution >= 4 is 11.8 Å². The van der Waals surface area contributed by atoms with E-state index in [0.29, 0.717) is 6.54 Å². The molecule has 0 unspecified atom stereocenters. The number of fused-ring (bicyclic) bond motifs is 2. The normalized spacial score (nSPS) is 34.3. The molecule has 0 aromatic heterocycles. The Hall–Kier alpha value is -1.76. The van der Waals surface area contributed by atoms with Crippen molar-refractivity contribution in [1.29, 1.82) is 0 Å². The predicted molar refractivity (Wildman–Crippen MR) is 114 cm³/mol. The van der Waals surface area contributed by atoms with E-state index < -0.39 is 11.5 Å². The van der Waals surface area contributed by atoms with Gasteiger partial charge in [0, 0.05) is 11.5 Å². The van der Waals surface area contributed by atoms with Gasteiger partial charge in [0.2, 0.25) is 11.8 Å². The van der Waals surface area contributed by atoms with Gasteiger partial charge in [-0.2, -0.15) is 0 Å². The van der Waals surface area contributed by atoms with E-state index in [4.69, 9.17) is 0 Å². The molecule has 1 aromatic rings. The van der Waals surface area contributed by atoms with E-state index in [1.165, 1.54) is 15.4 Å². The third kappa shape index (κ3) is 3.70. The number of piperazine rings is 1. The van der Waals surface area contributed by atoms with Gasteiger partial charge in [0.05, 0.1) is 12.0 Å². The monoisotopic (exact) mass is 415 g/mol. The molecular formula is C24H37N3O3+2. The van der Waals surface area contributed by atoms with Gasteiger partial charge in [0.15, 0.2) is 0 Å². The number of quaternary nitrogens is 2. The van der Waals surface area contributed by atoms with Crippen LogP contribution in [-0.2, 0) is 16.1 Å². The maximum atomic E-state index is 13.2. The second-order valence-electron chi connectivity index (χ2n) is 10.4. The van der Waals surface area contributed by atoms with Crippen LogP contribution in [0, 0.1) is 16.7 Å². The van der Waals surface area contributed by atoms with Crippen molar-refractivity contribution in [3.05, 3.63) is 35.9 Å². The maximum absolute atomic E-state index is 13.2. The van der Waals surface area contributed by atoms with Crippen molar-refractivity contribution in [2.24, 2.45) is 16.7 Å². The number of carbonyl (C=O) groups is 2. The third-order valence-corrected chi connectivity index (χ3v) is 8.39. The van der Waals surface area contributed by atoms with Crippen molar-refractivity contribution < 1.29 is 24.5 Å². The minimum Gasteiger partial charge on any atom is -0.385 e. The van der Waals surface area contributed by atoms with Gasteiger partial charge in [-0.25, -0.2) is 0 Å². The first-order valence-electron chi connectivity index (χ1n) is 11.5. The Morgan fingerprint density at radius 3 is 2.37 bits per heavy atom. The average Bonchev–Trinajstić information content (AvgIpc) is 2.91. The van der Waals surface area contributed by atoms with Gasteiger partial charge >= 0.3 is 0 Å². The van der Waals surface area contributed by atoms with Gasteiger partial charge in [-0.1, -0.05) is 51.1 Å². The van der Waals surface area contributed by atoms with Crippen LogP contribution in [0.15, 0.2) is 30.3 Å². The number of rotatable bonds is 6. The fraction of sp³-hybridized carbons (Fsp3) is 0.667. The molecule has 3 aliphatic rings. The highest BCUT2D eigenvalue weighted by atomic mass is 16.3. The van der Waals surface area contributed by atoms with Crippen LogP contribution in [0.4, 0.5) is 0 Å². The lowest BCUT2D eigenvalue weighted by Gasteiger charge is -2.48. The number of amides is 2. The first-order chi connectivity index (χ1) is 14.2. The molecule has 4 rings (SSSR count). The maximum Gasteiger partial charge on any atom is 0.235 e. The molecule has 2 bridgehead atoms. The summed E-state index contributed by atoms with van der Waals surface area (Å²) in [7, 11) is 0. The molecule has 2 heterocycles. The molecule has 2 amide bonds. The van der Waals surface area contributed by atoms with Crippen molar-refractivity contribution in [2.75, 3.05) is 39.3 Å². The van der Waals surface area contributed by atoms with Crippen LogP contribution in [0.2, 0.25) is 0 Å². The third-order valence-electron chi connectivity index (χ3n) is 8.39. The number of nitrogens with zero attached hydrogens (tertiary/aromatic N) is 1. The standard InChI is InChI=1S/C24H35N3O3/c1-23(2)20-9-10-24(23,3)22(30)27(21(20)29)17-19(28)16-26-13-11-25(12-14-26)15-18-7-5-4-6-8-18/h4-8,19-20,28H,9-17H2,1-3H3/p+2/t19-,20-,24-/m1/s1. The summed E-state index contributed by atoms with van der Waals surface area (Å²) in [5, 5.41) is 10.7. The fourth-order valence-electron chi connectivity index (χ4n) is 5.91. The van der Waals surface area contributed by atoms with Crippen molar-refractivity contribution in [1.82, 2.24) is 4.90 Å². The van der Waals surface area contributed by atoms with Crippen LogP contribution >= 0.6 is 0 Å². The fourth-order valence-corrected chi connectivity index (χ4v) is 5.91. The molecule has 2 saturated heterocycles. The van der Waals surface area contributed by atoms with Crippen LogP contribution in [0.25, 0.3) is 0 Å². The van der Waals surface area contributed by atoms with E-state index in [-0.39, 0.29) is 29.7 Å². The smallest absolute Gasteiger partial charge is 0.235 e. The highest BCUT2D eigenvalue weighted by molar-refractivity contribution is 6.03. The number of aliphatic hydroxyl groups excluding tert-OH is 1. The van der Waals surface area contributed by atoms with E-state index in [1.54, 1.807) is 4.90 Å². The molecule has 1 aliphatic carbocycles. The van der Waals surface area contributed by atoms with Crippen molar-refractivity contribution in [3.8, 4) is 0 Å². The second kappa shape index (κ2) is 8.06. The number of aliphatic hydroxyl groups is 1. The van der Waals surface area contributed by atoms with Gasteiger partial charge < -0.3 is 14.9 Å². The highest BCUT2D eigenvalue weighted by Crippen LogP contribution is 2.59. The molecule has 6 nitrogen and oxygen atoms in total. The minimum atomic E-state index is -0.659. The van der Waals surface area contributed by atoms with Gasteiger partial charge in [0.25, 0.3) is 0 Å². The Kier molecular flexibility index (Phi) is 5.77. The lowest BCUT2D eigenvalue weighted by atomic mass is 9.62. The quantitative estimate of drug-likeness (QED) is 0.530. The van der Waals surface area contributed by atoms with Crippen LogP contribution in [0.5, 0.6) is 0 Å². The number of hydrogen-bond donors (Lipinski definition) is 3. The zero-order valence-corrected chi connectivity index (χ0v) is 18.6. The number of carbonyl (C=O) groups excluding carboxylic acids is 2. The molecule has 6 heteroatoms. The van der Waals surface area contributed by atoms with Crippen LogP contribution < -0.4 is 9.80 Å². The van der Waals surface area contributed by atoms with E-state index in [9.17, 15) is 14.7 Å². The van der Waals surface area contributed by atoms with Crippen molar-refractivity contribution in [2.45, 2.75) is 46.3 Å². The van der Waals surface area contributed by atoms with Crippen LogP contribution in [0.1, 0.15) is 39.2 Å². The highest BCUT2D eigenvalue weighted by Gasteiger charge is 2.64. The summed E-state index contributed by atoms with van der Waals surface area (Å²) >= 11 is 0. The summed E-state index contributed by atoms with van der Waals surface area (Å²) in [5.41, 5.74) is 0.570. The Morgan fingerprint density at radius 1 is 1.07 bits per heavy atom. The molecule has 1 aromatic carbocycles. The number of imide groups is 1. The lowest BCUT2D eigenvalue weighted by Crippen LogP contribution is -3.28. The molecule has 0 spiro atoms. The summed E-state index contributed by atoms with van der Waals surface area (Å²) in [5.74, 6) is -0.270. The Balaban J connectivity index is 1.29. The zero-order chi connectivity index (χ0) is 21.5. The average molecular weight is 416 g/mol. The summed E-state index contributed by atoms with van der Waals surface area (Å²) < 4.78 is 0. The number of piperidine rings is 1. The van der Waals surface area contributed by atoms with E-state index in [1.807, 2.05) is 13.0 Å². The molecule has 3 fully saturated rings. The summed E-state index contributed by atoms with van der Waals surface area (Å²) in [4.78, 5) is 30.5. The minimum absolute atomic E-state index is 0.0776. The number of hydrogen-bond acceptors (Lipinski definition) is 3. The largest absolute Gasteiger partial charge is 0.385 e. The molecule has 3 atom stereocenters. The zero-order valence-electron chi connectivity index (χ0n) is 18.6. The lowest BCUT2D eigenvalue weighted by molar-refractivity contribution is -1.02. The summed E-state index contributed by atoms with van der Waals surface area (Å²) in [6.07, 6.45) is 0.880. The molecule has 2 aliphatic heterocycles. The SMILES string of the molecule is CC1(C)[C@@H]2CC[C@]1(C)C(=O)N(C[C@H](O)C[NH+]1CC[NH+](Cc3ccccc3)CC1)C2=O. The van der Waals surface area contributed by atoms with Gasteiger partial charge in [-0.05, 0) is 18.3 Å². The van der Waals surface area contributed by atoms with E-state index >= 15 is 0 Å². The first kappa shape index (κ1) is 21.5. The second-order valence-corrected chi connectivity index (χ2v) is 10.4. The van der Waals surface area contributed by atoms with E-state index in [0.717, 1.165) is 45.6 Å². The summed E-state index contributed by atoms with van der Waals surface area (Å²) in [6, 6.07) is 10.6. The molecule has 3 N–H and O–H groups in total. The molecule has 0 radical (unpaired) electrons. The van der Waals surface area contributed by atoms with Crippen LogP contribution in [0.3, 0.4) is 0 Å². The van der Waals surface area contributed by atoms with Gasteiger partial charge in [-0.3, -0.25) is 14.5 Å². The summed E-state index contributed by atoms with van der Waals surface area (Å²) in [6.45, 7) is 12.1. The van der Waals surface area contributed by atoms with Gasteiger partial charge in [0.1, 0.15) is 45.4 Å². The molecule has 164 valence electrons. The van der Waals surface area contributed by atoms with Gasteiger partial charge in [-0.15, -0.1) is 0 Å². The van der Waals surface area contributed by atoms with E-state index in [2.05, 4.69) is 38.1 Å².